The van der Waals surface area contributed by atoms with Crippen molar-refractivity contribution in [3.63, 3.8) is 0 Å². The van der Waals surface area contributed by atoms with Crippen molar-refractivity contribution in [2.75, 3.05) is 19.6 Å². The van der Waals surface area contributed by atoms with E-state index in [-0.39, 0.29) is 37.2 Å². The van der Waals surface area contributed by atoms with Crippen molar-refractivity contribution in [1.82, 2.24) is 0 Å². The molecule has 0 fully saturated rings. The van der Waals surface area contributed by atoms with Crippen molar-refractivity contribution in [1.29, 1.82) is 0 Å². The third kappa shape index (κ3) is 16.6. The van der Waals surface area contributed by atoms with Crippen LogP contribution in [-0.2, 0) is 19.3 Å². The molecule has 0 saturated carbocycles. The Morgan fingerprint density at radius 2 is 0.667 bits per heavy atom. The van der Waals surface area contributed by atoms with Crippen LogP contribution in [0, 0.1) is 0 Å². The molecule has 0 heterocycles. The lowest BCUT2D eigenvalue weighted by molar-refractivity contribution is 0.673. The monoisotopic (exact) mass is 441 g/mol. The molecule has 0 saturated heterocycles. The van der Waals surface area contributed by atoms with E-state index in [1.165, 1.54) is 74.5 Å². The van der Waals surface area contributed by atoms with Crippen LogP contribution in [0.25, 0.3) is 0 Å². The second kappa shape index (κ2) is 22.3. The van der Waals surface area contributed by atoms with Crippen molar-refractivity contribution in [2.24, 2.45) is 17.2 Å². The molecule has 0 unspecified atom stereocenters. The summed E-state index contributed by atoms with van der Waals surface area (Å²) in [5.74, 6) is 0. The minimum atomic E-state index is 0. The van der Waals surface area contributed by atoms with Gasteiger partial charge >= 0.3 is 0 Å². The third-order valence-corrected chi connectivity index (χ3v) is 4.62. The first-order chi connectivity index (χ1) is 11.8. The number of hydrogen-bond acceptors (Lipinski definition) is 3. The first-order valence-corrected chi connectivity index (χ1v) is 10.0. The highest BCUT2D eigenvalue weighted by Gasteiger charge is 2.03. The van der Waals surface area contributed by atoms with Gasteiger partial charge in [0.1, 0.15) is 0 Å². The molecule has 3 nitrogen and oxygen atoms in total. The SMILES string of the molecule is Cl.Cl.Cl.NCCCCCc1cc(CCCCCN)cc(CCCCCN)c1. The van der Waals surface area contributed by atoms with Gasteiger partial charge in [-0.2, -0.15) is 0 Å². The van der Waals surface area contributed by atoms with Crippen LogP contribution in [-0.4, -0.2) is 19.6 Å². The molecule has 162 valence electrons. The molecule has 27 heavy (non-hydrogen) atoms. The molecule has 1 aromatic carbocycles. The van der Waals surface area contributed by atoms with Crippen LogP contribution in [0.1, 0.15) is 74.5 Å². The molecule has 0 bridgehead atoms. The lowest BCUT2D eigenvalue weighted by Gasteiger charge is -2.11. The average Bonchev–Trinajstić information content (AvgIpc) is 2.59. The van der Waals surface area contributed by atoms with Gasteiger partial charge in [0.25, 0.3) is 0 Å². The molecule has 0 radical (unpaired) electrons. The molecule has 1 rings (SSSR count). The summed E-state index contributed by atoms with van der Waals surface area (Å²) in [6, 6.07) is 7.27. The Balaban J connectivity index is -0.00000192. The number of hydrogen-bond donors (Lipinski definition) is 3. The van der Waals surface area contributed by atoms with Crippen LogP contribution in [0.3, 0.4) is 0 Å². The summed E-state index contributed by atoms with van der Waals surface area (Å²) in [5.41, 5.74) is 21.3. The van der Waals surface area contributed by atoms with Gasteiger partial charge in [-0.05, 0) is 94.1 Å². The van der Waals surface area contributed by atoms with Crippen LogP contribution < -0.4 is 17.2 Å². The van der Waals surface area contributed by atoms with Crippen molar-refractivity contribution >= 4 is 37.2 Å². The molecular weight excluding hydrogens is 401 g/mol. The van der Waals surface area contributed by atoms with Gasteiger partial charge in [0.05, 0.1) is 0 Å². The van der Waals surface area contributed by atoms with Gasteiger partial charge in [-0.3, -0.25) is 0 Å². The summed E-state index contributed by atoms with van der Waals surface area (Å²) in [6.07, 6.45) is 14.5. The molecule has 0 atom stereocenters. The zero-order valence-electron chi connectivity index (χ0n) is 16.8. The quantitative estimate of drug-likeness (QED) is 0.336. The summed E-state index contributed by atoms with van der Waals surface area (Å²) in [4.78, 5) is 0. The number of aryl methyl sites for hydroxylation is 3. The van der Waals surface area contributed by atoms with Gasteiger partial charge in [-0.25, -0.2) is 0 Å². The highest BCUT2D eigenvalue weighted by Crippen LogP contribution is 2.18. The van der Waals surface area contributed by atoms with E-state index in [0.29, 0.717) is 0 Å². The van der Waals surface area contributed by atoms with Crippen molar-refractivity contribution in [3.8, 4) is 0 Å². The molecular formula is C21H42Cl3N3. The van der Waals surface area contributed by atoms with Crippen molar-refractivity contribution < 1.29 is 0 Å². The summed E-state index contributed by atoms with van der Waals surface area (Å²) in [5, 5.41) is 0. The summed E-state index contributed by atoms with van der Waals surface area (Å²) in [7, 11) is 0. The first-order valence-electron chi connectivity index (χ1n) is 10.0. The van der Waals surface area contributed by atoms with Crippen LogP contribution in [0.15, 0.2) is 18.2 Å². The fourth-order valence-corrected chi connectivity index (χ4v) is 3.22. The van der Waals surface area contributed by atoms with E-state index in [1.807, 2.05) is 0 Å². The van der Waals surface area contributed by atoms with Gasteiger partial charge in [0.2, 0.25) is 0 Å². The standard InChI is InChI=1S/C21H39N3.3ClH/c22-13-7-1-4-10-19-16-20(11-5-2-8-14-23)18-21(17-19)12-6-3-9-15-24;;;/h16-18H,1-15,22-24H2;3*1H. The highest BCUT2D eigenvalue weighted by molar-refractivity contribution is 5.86. The van der Waals surface area contributed by atoms with Crippen molar-refractivity contribution in [3.05, 3.63) is 34.9 Å². The second-order valence-electron chi connectivity index (χ2n) is 6.96. The molecule has 0 aliphatic carbocycles. The van der Waals surface area contributed by atoms with E-state index in [9.17, 15) is 0 Å². The Morgan fingerprint density at radius 3 is 0.889 bits per heavy atom. The summed E-state index contributed by atoms with van der Waals surface area (Å²) in [6.45, 7) is 2.44. The molecule has 6 heteroatoms. The molecule has 6 N–H and O–H groups in total. The van der Waals surface area contributed by atoms with Gasteiger partial charge in [-0.1, -0.05) is 37.5 Å². The first kappa shape index (κ1) is 31.7. The second-order valence-corrected chi connectivity index (χ2v) is 6.96. The summed E-state index contributed by atoms with van der Waals surface area (Å²) >= 11 is 0. The number of benzene rings is 1. The molecule has 0 aliphatic heterocycles. The van der Waals surface area contributed by atoms with E-state index >= 15 is 0 Å². The number of rotatable bonds is 15. The van der Waals surface area contributed by atoms with Crippen LogP contribution in [0.4, 0.5) is 0 Å². The lowest BCUT2D eigenvalue weighted by atomic mass is 9.95. The fourth-order valence-electron chi connectivity index (χ4n) is 3.22. The Hall–Kier alpha value is -0.0300. The maximum absolute atomic E-state index is 5.60. The average molecular weight is 443 g/mol. The van der Waals surface area contributed by atoms with E-state index in [0.717, 1.165) is 38.9 Å². The maximum atomic E-state index is 5.60. The Bertz CT molecular complexity index is 357. The zero-order valence-corrected chi connectivity index (χ0v) is 19.2. The third-order valence-electron chi connectivity index (χ3n) is 4.62. The van der Waals surface area contributed by atoms with Crippen LogP contribution >= 0.6 is 37.2 Å². The zero-order chi connectivity index (χ0) is 17.5. The number of halogens is 3. The van der Waals surface area contributed by atoms with Gasteiger partial charge in [0, 0.05) is 0 Å². The van der Waals surface area contributed by atoms with Crippen molar-refractivity contribution in [2.45, 2.75) is 77.0 Å². The molecule has 1 aromatic rings. The lowest BCUT2D eigenvalue weighted by Crippen LogP contribution is -2.01. The van der Waals surface area contributed by atoms with Gasteiger partial charge < -0.3 is 17.2 Å². The minimum absolute atomic E-state index is 0. The van der Waals surface area contributed by atoms with Gasteiger partial charge in [0.15, 0.2) is 0 Å². The normalized spacial score (nSPS) is 9.89. The smallest absolute Gasteiger partial charge is 0.00773 e. The predicted molar refractivity (Wildman–Crippen MR) is 128 cm³/mol. The molecule has 0 aromatic heterocycles. The molecule has 0 amide bonds. The van der Waals surface area contributed by atoms with E-state index in [2.05, 4.69) is 18.2 Å². The molecule has 0 spiro atoms. The Labute approximate surface area is 185 Å². The topological polar surface area (TPSA) is 78.1 Å². The number of nitrogens with two attached hydrogens (primary N) is 3. The van der Waals surface area contributed by atoms with E-state index in [1.54, 1.807) is 0 Å². The Kier molecular flexibility index (Phi) is 26.1. The highest BCUT2D eigenvalue weighted by atomic mass is 35.5. The van der Waals surface area contributed by atoms with Crippen LogP contribution in [0.2, 0.25) is 0 Å². The number of unbranched alkanes of at least 4 members (excludes halogenated alkanes) is 6. The fraction of sp³-hybridized carbons (Fsp3) is 0.714. The van der Waals surface area contributed by atoms with Gasteiger partial charge in [-0.15, -0.1) is 37.2 Å². The Morgan fingerprint density at radius 1 is 0.407 bits per heavy atom. The molecule has 0 aliphatic rings. The maximum Gasteiger partial charge on any atom is -0.00773 e. The summed E-state index contributed by atoms with van der Waals surface area (Å²) < 4.78 is 0. The van der Waals surface area contributed by atoms with E-state index in [4.69, 9.17) is 17.2 Å². The van der Waals surface area contributed by atoms with Crippen LogP contribution in [0.5, 0.6) is 0 Å². The minimum Gasteiger partial charge on any atom is -0.330 e. The largest absolute Gasteiger partial charge is 0.330 e. The van der Waals surface area contributed by atoms with E-state index < -0.39 is 0 Å². The predicted octanol–water partition coefficient (Wildman–Crippen LogP) is 4.97.